The summed E-state index contributed by atoms with van der Waals surface area (Å²) in [6.45, 7) is 6.31. The van der Waals surface area contributed by atoms with Gasteiger partial charge in [-0.1, -0.05) is 32.0 Å². The van der Waals surface area contributed by atoms with Crippen LogP contribution >= 0.6 is 0 Å². The van der Waals surface area contributed by atoms with E-state index in [2.05, 4.69) is 24.1 Å². The van der Waals surface area contributed by atoms with E-state index in [1.807, 2.05) is 30.3 Å². The van der Waals surface area contributed by atoms with Crippen LogP contribution < -0.4 is 5.32 Å². The van der Waals surface area contributed by atoms with Gasteiger partial charge in [-0.15, -0.1) is 0 Å². The van der Waals surface area contributed by atoms with E-state index in [1.54, 1.807) is 6.26 Å². The number of nitrogens with one attached hydrogen (secondary N) is 1. The Hall–Kier alpha value is -1.61. The van der Waals surface area contributed by atoms with Crippen molar-refractivity contribution in [3.8, 4) is 11.5 Å². The molecule has 1 N–H and O–H groups in total. The summed E-state index contributed by atoms with van der Waals surface area (Å²) in [5.74, 6) is 1.47. The first kappa shape index (κ1) is 13.8. The van der Waals surface area contributed by atoms with Crippen molar-refractivity contribution in [3.05, 3.63) is 42.3 Å². The van der Waals surface area contributed by atoms with Crippen molar-refractivity contribution in [3.63, 3.8) is 0 Å². The van der Waals surface area contributed by atoms with Gasteiger partial charge in [-0.3, -0.25) is 0 Å². The van der Waals surface area contributed by atoms with Crippen molar-refractivity contribution < 1.29 is 4.42 Å². The molecule has 2 rings (SSSR count). The molecule has 0 bridgehead atoms. The molecule has 0 amide bonds. The van der Waals surface area contributed by atoms with Crippen LogP contribution in [0.4, 0.5) is 0 Å². The van der Waals surface area contributed by atoms with Gasteiger partial charge in [-0.25, -0.2) is 4.98 Å². The number of nitrogens with zero attached hydrogens (tertiary/aromatic N) is 1. The Morgan fingerprint density at radius 1 is 1.21 bits per heavy atom. The molecule has 2 aromatic rings. The van der Waals surface area contributed by atoms with Gasteiger partial charge in [0.25, 0.3) is 0 Å². The van der Waals surface area contributed by atoms with Crippen LogP contribution in [0.2, 0.25) is 0 Å². The minimum absolute atomic E-state index is 0.694. The Morgan fingerprint density at radius 3 is 2.74 bits per heavy atom. The Labute approximate surface area is 115 Å². The smallest absolute Gasteiger partial charge is 0.226 e. The van der Waals surface area contributed by atoms with Gasteiger partial charge in [0.2, 0.25) is 5.89 Å². The molecule has 0 aliphatic heterocycles. The normalized spacial score (nSPS) is 11.1. The summed E-state index contributed by atoms with van der Waals surface area (Å²) in [6.07, 6.45) is 4.21. The second-order valence-corrected chi connectivity index (χ2v) is 5.22. The van der Waals surface area contributed by atoms with Gasteiger partial charge in [0, 0.05) is 12.1 Å². The average Bonchev–Trinajstić information content (AvgIpc) is 2.88. The summed E-state index contributed by atoms with van der Waals surface area (Å²) in [5, 5.41) is 3.40. The van der Waals surface area contributed by atoms with Crippen molar-refractivity contribution in [1.82, 2.24) is 10.3 Å². The molecule has 1 heterocycles. The van der Waals surface area contributed by atoms with E-state index >= 15 is 0 Å². The number of oxazole rings is 1. The SMILES string of the molecule is CC(C)CCCNCc1coc(-c2ccccc2)n1. The molecule has 0 spiro atoms. The molecular weight excluding hydrogens is 236 g/mol. The van der Waals surface area contributed by atoms with E-state index in [4.69, 9.17) is 4.42 Å². The molecule has 19 heavy (non-hydrogen) atoms. The second kappa shape index (κ2) is 7.10. The van der Waals surface area contributed by atoms with Gasteiger partial charge in [-0.05, 0) is 37.4 Å². The Balaban J connectivity index is 1.78. The molecule has 102 valence electrons. The zero-order chi connectivity index (χ0) is 13.5. The van der Waals surface area contributed by atoms with Crippen molar-refractivity contribution in [2.24, 2.45) is 5.92 Å². The van der Waals surface area contributed by atoms with Crippen LogP contribution in [0.3, 0.4) is 0 Å². The van der Waals surface area contributed by atoms with Crippen LogP contribution in [0.1, 0.15) is 32.4 Å². The van der Waals surface area contributed by atoms with Crippen LogP contribution in [-0.2, 0) is 6.54 Å². The fourth-order valence-corrected chi connectivity index (χ4v) is 1.95. The highest BCUT2D eigenvalue weighted by molar-refractivity contribution is 5.52. The molecule has 0 aliphatic carbocycles. The van der Waals surface area contributed by atoms with E-state index in [9.17, 15) is 0 Å². The predicted molar refractivity (Wildman–Crippen MR) is 77.7 cm³/mol. The van der Waals surface area contributed by atoms with Crippen LogP contribution in [0.15, 0.2) is 41.0 Å². The first-order valence-corrected chi connectivity index (χ1v) is 6.96. The lowest BCUT2D eigenvalue weighted by Gasteiger charge is -2.04. The van der Waals surface area contributed by atoms with E-state index < -0.39 is 0 Å². The van der Waals surface area contributed by atoms with E-state index in [1.165, 1.54) is 12.8 Å². The minimum atomic E-state index is 0.694. The fraction of sp³-hybridized carbons (Fsp3) is 0.438. The third-order valence-electron chi connectivity index (χ3n) is 3.01. The Morgan fingerprint density at radius 2 is 2.00 bits per heavy atom. The van der Waals surface area contributed by atoms with Crippen molar-refractivity contribution >= 4 is 0 Å². The zero-order valence-corrected chi connectivity index (χ0v) is 11.7. The number of hydrogen-bond acceptors (Lipinski definition) is 3. The molecule has 1 aromatic heterocycles. The summed E-state index contributed by atoms with van der Waals surface area (Å²) in [5.41, 5.74) is 1.98. The molecule has 1 aromatic carbocycles. The molecular formula is C16H22N2O. The monoisotopic (exact) mass is 258 g/mol. The van der Waals surface area contributed by atoms with Crippen molar-refractivity contribution in [2.45, 2.75) is 33.2 Å². The highest BCUT2D eigenvalue weighted by atomic mass is 16.3. The zero-order valence-electron chi connectivity index (χ0n) is 11.7. The summed E-state index contributed by atoms with van der Waals surface area (Å²) in [4.78, 5) is 4.48. The van der Waals surface area contributed by atoms with E-state index in [-0.39, 0.29) is 0 Å². The molecule has 0 aliphatic rings. The van der Waals surface area contributed by atoms with E-state index in [0.717, 1.165) is 30.3 Å². The van der Waals surface area contributed by atoms with Gasteiger partial charge in [0.05, 0.1) is 5.69 Å². The molecule has 0 radical (unpaired) electrons. The summed E-state index contributed by atoms with van der Waals surface area (Å²) in [6, 6.07) is 9.98. The standard InChI is InChI=1S/C16H22N2O/c1-13(2)7-6-10-17-11-15-12-19-16(18-15)14-8-4-3-5-9-14/h3-5,8-9,12-13,17H,6-7,10-11H2,1-2H3. The van der Waals surface area contributed by atoms with Crippen molar-refractivity contribution in [1.29, 1.82) is 0 Å². The lowest BCUT2D eigenvalue weighted by atomic mass is 10.1. The molecule has 3 nitrogen and oxygen atoms in total. The predicted octanol–water partition coefficient (Wildman–Crippen LogP) is 3.87. The first-order chi connectivity index (χ1) is 9.25. The topological polar surface area (TPSA) is 38.1 Å². The fourth-order valence-electron chi connectivity index (χ4n) is 1.95. The van der Waals surface area contributed by atoms with Crippen LogP contribution in [0.5, 0.6) is 0 Å². The Bertz CT molecular complexity index is 477. The van der Waals surface area contributed by atoms with Crippen molar-refractivity contribution in [2.75, 3.05) is 6.54 Å². The van der Waals surface area contributed by atoms with E-state index in [0.29, 0.717) is 5.89 Å². The third-order valence-corrected chi connectivity index (χ3v) is 3.01. The molecule has 0 unspecified atom stereocenters. The summed E-state index contributed by atoms with van der Waals surface area (Å²) < 4.78 is 5.49. The maximum Gasteiger partial charge on any atom is 0.226 e. The van der Waals surface area contributed by atoms with Gasteiger partial charge in [0.1, 0.15) is 6.26 Å². The molecule has 0 atom stereocenters. The average molecular weight is 258 g/mol. The van der Waals surface area contributed by atoms with Gasteiger partial charge in [0.15, 0.2) is 0 Å². The third kappa shape index (κ3) is 4.52. The minimum Gasteiger partial charge on any atom is -0.444 e. The maximum atomic E-state index is 5.49. The van der Waals surface area contributed by atoms with Crippen LogP contribution in [0.25, 0.3) is 11.5 Å². The number of rotatable bonds is 7. The molecule has 0 saturated carbocycles. The van der Waals surface area contributed by atoms with Crippen LogP contribution in [0, 0.1) is 5.92 Å². The van der Waals surface area contributed by atoms with Gasteiger partial charge in [-0.2, -0.15) is 0 Å². The number of benzene rings is 1. The molecule has 3 heteroatoms. The highest BCUT2D eigenvalue weighted by Gasteiger charge is 2.05. The number of hydrogen-bond donors (Lipinski definition) is 1. The van der Waals surface area contributed by atoms with Gasteiger partial charge < -0.3 is 9.73 Å². The summed E-state index contributed by atoms with van der Waals surface area (Å²) in [7, 11) is 0. The largest absolute Gasteiger partial charge is 0.444 e. The number of aromatic nitrogens is 1. The first-order valence-electron chi connectivity index (χ1n) is 6.96. The summed E-state index contributed by atoms with van der Waals surface area (Å²) >= 11 is 0. The highest BCUT2D eigenvalue weighted by Crippen LogP contribution is 2.17. The molecule has 0 fully saturated rings. The quantitative estimate of drug-likeness (QED) is 0.766. The second-order valence-electron chi connectivity index (χ2n) is 5.22. The maximum absolute atomic E-state index is 5.49. The van der Waals surface area contributed by atoms with Gasteiger partial charge >= 0.3 is 0 Å². The van der Waals surface area contributed by atoms with Crippen LogP contribution in [-0.4, -0.2) is 11.5 Å². The Kier molecular flexibility index (Phi) is 5.16. The lowest BCUT2D eigenvalue weighted by molar-refractivity contribution is 0.524. The lowest BCUT2D eigenvalue weighted by Crippen LogP contribution is -2.15. The molecule has 0 saturated heterocycles.